The second-order valence-electron chi connectivity index (χ2n) is 3.39. The number of benzene rings is 1. The van der Waals surface area contributed by atoms with Crippen molar-refractivity contribution in [2.75, 3.05) is 0 Å². The van der Waals surface area contributed by atoms with Gasteiger partial charge in [-0.15, -0.1) is 0 Å². The summed E-state index contributed by atoms with van der Waals surface area (Å²) in [5, 5.41) is 0. The topological polar surface area (TPSA) is 37.4 Å². The summed E-state index contributed by atoms with van der Waals surface area (Å²) in [6.45, 7) is 3.86. The molecule has 0 fully saturated rings. The molecule has 0 bridgehead atoms. The lowest BCUT2D eigenvalue weighted by Crippen LogP contribution is -2.32. The van der Waals surface area contributed by atoms with E-state index >= 15 is 0 Å². The Balaban J connectivity index is 3.05. The molecule has 2 amide bonds. The van der Waals surface area contributed by atoms with Crippen molar-refractivity contribution in [1.82, 2.24) is 3.88 Å². The second kappa shape index (κ2) is 5.11. The van der Waals surface area contributed by atoms with Crippen LogP contribution in [0.4, 0.5) is 0 Å². The van der Waals surface area contributed by atoms with Crippen LogP contribution in [0.15, 0.2) is 18.2 Å². The highest BCUT2D eigenvalue weighted by molar-refractivity contribution is 6.40. The van der Waals surface area contributed by atoms with Crippen molar-refractivity contribution in [2.45, 2.75) is 19.6 Å². The smallest absolute Gasteiger partial charge is 0.383 e. The van der Waals surface area contributed by atoms with Crippen LogP contribution in [0.1, 0.15) is 21.5 Å². The predicted octanol–water partition coefficient (Wildman–Crippen LogP) is 1.57. The van der Waals surface area contributed by atoms with E-state index in [9.17, 15) is 9.59 Å². The summed E-state index contributed by atoms with van der Waals surface area (Å²) >= 11 is -0.305. The maximum absolute atomic E-state index is 11.9. The molecule has 0 atom stereocenters. The van der Waals surface area contributed by atoms with Crippen LogP contribution in [-0.4, -0.2) is 31.6 Å². The Morgan fingerprint density at radius 2 is 2.07 bits per heavy atom. The first-order valence-electron chi connectivity index (χ1n) is 4.75. The zero-order chi connectivity index (χ0) is 11.4. The Kier molecular flexibility index (Phi) is 4.07. The van der Waals surface area contributed by atoms with Crippen molar-refractivity contribution < 1.29 is 9.59 Å². The molecule has 0 saturated heterocycles. The van der Waals surface area contributed by atoms with Crippen LogP contribution in [-0.2, 0) is 4.79 Å². The van der Waals surface area contributed by atoms with Gasteiger partial charge in [0.1, 0.15) is 0 Å². The highest BCUT2D eigenvalue weighted by Crippen LogP contribution is 2.12. The summed E-state index contributed by atoms with van der Waals surface area (Å²) in [6, 6.07) is 5.61. The average Bonchev–Trinajstić information content (AvgIpc) is 2.19. The minimum absolute atomic E-state index is 0.194. The van der Waals surface area contributed by atoms with E-state index in [-0.39, 0.29) is 21.3 Å². The molecule has 0 aliphatic carbocycles. The van der Waals surface area contributed by atoms with Crippen molar-refractivity contribution >= 4 is 27.8 Å². The van der Waals surface area contributed by atoms with Gasteiger partial charge in [-0.3, -0.25) is 9.59 Å². The molecular formula is C11H13AlNO2. The quantitative estimate of drug-likeness (QED) is 0.570. The third-order valence-corrected chi connectivity index (χ3v) is 3.15. The molecule has 0 heterocycles. The largest absolute Gasteiger partial charge is 0.385 e. The number of carbonyl (C=O) groups excluding carboxylic acids is 2. The fraction of sp³-hybridized carbons (Fsp3) is 0.273. The van der Waals surface area contributed by atoms with Gasteiger partial charge in [0.2, 0.25) is 5.91 Å². The Bertz CT molecular complexity index is 390. The first-order chi connectivity index (χ1) is 7.10. The Hall–Kier alpha value is -1.11. The number of amides is 2. The van der Waals surface area contributed by atoms with Gasteiger partial charge in [-0.25, -0.2) is 0 Å². The van der Waals surface area contributed by atoms with Crippen LogP contribution in [0.3, 0.4) is 0 Å². The Morgan fingerprint density at radius 3 is 2.53 bits per heavy atom. The zero-order valence-electron chi connectivity index (χ0n) is 9.15. The van der Waals surface area contributed by atoms with Crippen LogP contribution in [0.5, 0.6) is 0 Å². The van der Waals surface area contributed by atoms with Crippen molar-refractivity contribution in [3.8, 4) is 0 Å². The van der Waals surface area contributed by atoms with E-state index in [0.29, 0.717) is 12.0 Å². The minimum Gasteiger partial charge on any atom is -0.385 e. The molecule has 15 heavy (non-hydrogen) atoms. The van der Waals surface area contributed by atoms with Gasteiger partial charge in [0.05, 0.1) is 0 Å². The van der Waals surface area contributed by atoms with Crippen LogP contribution < -0.4 is 0 Å². The third-order valence-electron chi connectivity index (χ3n) is 2.24. The number of hydrogen-bond acceptors (Lipinski definition) is 2. The number of rotatable bonds is 3. The van der Waals surface area contributed by atoms with Crippen molar-refractivity contribution in [3.05, 3.63) is 34.9 Å². The van der Waals surface area contributed by atoms with Crippen molar-refractivity contribution in [2.24, 2.45) is 0 Å². The molecule has 0 spiro atoms. The fourth-order valence-electron chi connectivity index (χ4n) is 1.42. The summed E-state index contributed by atoms with van der Waals surface area (Å²) in [5.41, 5.74) is 2.65. The van der Waals surface area contributed by atoms with Crippen molar-refractivity contribution in [3.63, 3.8) is 0 Å². The minimum atomic E-state index is -0.305. The Labute approximate surface area is 96.0 Å². The lowest BCUT2D eigenvalue weighted by atomic mass is 10.1. The van der Waals surface area contributed by atoms with Crippen LogP contribution in [0, 0.1) is 13.8 Å². The predicted molar refractivity (Wildman–Crippen MR) is 59.8 cm³/mol. The number of imide groups is 1. The standard InChI is InChI=1S/C10H11NO2.CH3.Al/c1-7-3-4-9(8(2)5-7)10(13)11-6-12;;/h3-6H,1-2H3,(H,11,12,13);1H3;/q;;+1/p-1. The van der Waals surface area contributed by atoms with E-state index < -0.39 is 0 Å². The van der Waals surface area contributed by atoms with Gasteiger partial charge in [0, 0.05) is 5.56 Å². The molecule has 4 heteroatoms. The zero-order valence-corrected chi connectivity index (χ0v) is 10.3. The monoisotopic (exact) mass is 218 g/mol. The number of aryl methyl sites for hydroxylation is 2. The van der Waals surface area contributed by atoms with E-state index in [2.05, 4.69) is 0 Å². The molecule has 0 aliphatic rings. The molecule has 0 saturated carbocycles. The third kappa shape index (κ3) is 2.68. The SMILES string of the molecule is [CH3][Al][N](C=O)C(=O)c1ccc(C)cc1C. The van der Waals surface area contributed by atoms with E-state index in [1.165, 1.54) is 3.88 Å². The average molecular weight is 218 g/mol. The molecule has 1 aromatic rings. The Morgan fingerprint density at radius 1 is 1.40 bits per heavy atom. The molecule has 3 nitrogen and oxygen atoms in total. The van der Waals surface area contributed by atoms with Gasteiger partial charge in [-0.05, 0) is 25.5 Å². The summed E-state index contributed by atoms with van der Waals surface area (Å²) in [6.07, 6.45) is 0.608. The van der Waals surface area contributed by atoms with E-state index in [4.69, 9.17) is 0 Å². The first-order valence-corrected chi connectivity index (χ1v) is 6.42. The lowest BCUT2D eigenvalue weighted by molar-refractivity contribution is -0.112. The molecule has 1 rings (SSSR count). The maximum Gasteiger partial charge on any atom is 0.383 e. The van der Waals surface area contributed by atoms with Gasteiger partial charge < -0.3 is 3.88 Å². The molecule has 1 aromatic carbocycles. The van der Waals surface area contributed by atoms with Crippen LogP contribution in [0.2, 0.25) is 5.79 Å². The van der Waals surface area contributed by atoms with Gasteiger partial charge in [0.15, 0.2) is 6.41 Å². The molecule has 0 aliphatic heterocycles. The van der Waals surface area contributed by atoms with Gasteiger partial charge in [-0.2, -0.15) is 0 Å². The first kappa shape index (κ1) is 12.0. The second-order valence-corrected chi connectivity index (χ2v) is 4.47. The molecule has 0 unspecified atom stereocenters. The normalized spacial score (nSPS) is 9.53. The number of carbonyl (C=O) groups is 2. The summed E-state index contributed by atoms with van der Waals surface area (Å²) in [5.74, 6) is 1.66. The molecular weight excluding hydrogens is 205 g/mol. The van der Waals surface area contributed by atoms with Crippen molar-refractivity contribution in [1.29, 1.82) is 0 Å². The molecule has 0 N–H and O–H groups in total. The van der Waals surface area contributed by atoms with Crippen LogP contribution in [0.25, 0.3) is 0 Å². The van der Waals surface area contributed by atoms with E-state index in [1.807, 2.05) is 31.8 Å². The van der Waals surface area contributed by atoms with E-state index in [0.717, 1.165) is 11.1 Å². The molecule has 1 radical (unpaired) electrons. The summed E-state index contributed by atoms with van der Waals surface area (Å²) < 4.78 is 1.25. The maximum atomic E-state index is 11.9. The molecule has 0 aromatic heterocycles. The van der Waals surface area contributed by atoms with E-state index in [1.54, 1.807) is 6.07 Å². The summed E-state index contributed by atoms with van der Waals surface area (Å²) in [4.78, 5) is 22.5. The highest BCUT2D eigenvalue weighted by atomic mass is 27.1. The summed E-state index contributed by atoms with van der Waals surface area (Å²) in [7, 11) is 0. The highest BCUT2D eigenvalue weighted by Gasteiger charge is 2.15. The lowest BCUT2D eigenvalue weighted by Gasteiger charge is -2.15. The van der Waals surface area contributed by atoms with Gasteiger partial charge in [-0.1, -0.05) is 23.5 Å². The number of nitrogens with zero attached hydrogens (tertiary/aromatic N) is 1. The fourth-order valence-corrected chi connectivity index (χ4v) is 1.91. The van der Waals surface area contributed by atoms with Gasteiger partial charge in [0.25, 0.3) is 0 Å². The van der Waals surface area contributed by atoms with Crippen LogP contribution >= 0.6 is 0 Å². The van der Waals surface area contributed by atoms with Gasteiger partial charge >= 0.3 is 15.4 Å². The number of hydrogen-bond donors (Lipinski definition) is 0. The molecule has 77 valence electrons.